The minimum Gasteiger partial charge on any atom is -0.488 e. The summed E-state index contributed by atoms with van der Waals surface area (Å²) in [7, 11) is -1.24. The van der Waals surface area contributed by atoms with E-state index in [4.69, 9.17) is 10.5 Å². The van der Waals surface area contributed by atoms with Gasteiger partial charge in [-0.15, -0.1) is 0 Å². The summed E-state index contributed by atoms with van der Waals surface area (Å²) in [5.41, 5.74) is 6.11. The van der Waals surface area contributed by atoms with Gasteiger partial charge in [0.25, 0.3) is 0 Å². The van der Waals surface area contributed by atoms with E-state index in [9.17, 15) is 8.42 Å². The molecule has 1 aromatic carbocycles. The molecule has 0 unspecified atom stereocenters. The highest BCUT2D eigenvalue weighted by atomic mass is 32.2. The fourth-order valence-electron chi connectivity index (χ4n) is 2.23. The maximum absolute atomic E-state index is 11.6. The van der Waals surface area contributed by atoms with Crippen molar-refractivity contribution in [3.63, 3.8) is 0 Å². The van der Waals surface area contributed by atoms with E-state index in [1.165, 1.54) is 6.07 Å². The third-order valence-electron chi connectivity index (χ3n) is 3.38. The smallest absolute Gasteiger partial charge is 0.177 e. The number of benzene rings is 1. The lowest BCUT2D eigenvalue weighted by Gasteiger charge is -2.29. The molecule has 1 aliphatic heterocycles. The van der Waals surface area contributed by atoms with Crippen molar-refractivity contribution in [3.8, 4) is 5.75 Å². The van der Waals surface area contributed by atoms with Gasteiger partial charge in [-0.05, 0) is 32.0 Å². The summed E-state index contributed by atoms with van der Waals surface area (Å²) in [6.45, 7) is 1.96. The zero-order chi connectivity index (χ0) is 14.0. The summed E-state index contributed by atoms with van der Waals surface area (Å²) in [6.07, 6.45) is 3.11. The van der Waals surface area contributed by atoms with Gasteiger partial charge >= 0.3 is 0 Å². The number of rotatable bonds is 3. The van der Waals surface area contributed by atoms with Crippen molar-refractivity contribution in [1.29, 1.82) is 0 Å². The Morgan fingerprint density at radius 2 is 1.95 bits per heavy atom. The van der Waals surface area contributed by atoms with Crippen molar-refractivity contribution in [3.05, 3.63) is 18.2 Å². The fraction of sp³-hybridized carbons (Fsp3) is 0.538. The number of ether oxygens (including phenoxy) is 1. The predicted molar refractivity (Wildman–Crippen MR) is 75.1 cm³/mol. The van der Waals surface area contributed by atoms with Crippen LogP contribution in [0.4, 0.5) is 5.69 Å². The molecule has 0 amide bonds. The number of anilines is 1. The van der Waals surface area contributed by atoms with Crippen molar-refractivity contribution in [1.82, 2.24) is 4.90 Å². The lowest BCUT2D eigenvalue weighted by molar-refractivity contribution is 0.115. The Labute approximate surface area is 114 Å². The van der Waals surface area contributed by atoms with Crippen LogP contribution >= 0.6 is 0 Å². The third-order valence-corrected chi connectivity index (χ3v) is 4.54. The molecule has 0 radical (unpaired) electrons. The van der Waals surface area contributed by atoms with Crippen molar-refractivity contribution in [2.24, 2.45) is 0 Å². The van der Waals surface area contributed by atoms with Crippen LogP contribution in [-0.4, -0.2) is 45.8 Å². The van der Waals surface area contributed by atoms with Gasteiger partial charge in [0.1, 0.15) is 11.9 Å². The fourth-order valence-corrected chi connectivity index (χ4v) is 3.06. The highest BCUT2D eigenvalue weighted by molar-refractivity contribution is 7.90. The van der Waals surface area contributed by atoms with Crippen molar-refractivity contribution >= 4 is 15.5 Å². The first-order chi connectivity index (χ1) is 8.88. The summed E-state index contributed by atoms with van der Waals surface area (Å²) in [5, 5.41) is 0. The maximum atomic E-state index is 11.6. The number of likely N-dealkylation sites (tertiary alicyclic amines) is 1. The third kappa shape index (κ3) is 3.39. The predicted octanol–water partition coefficient (Wildman–Crippen LogP) is 1.15. The molecule has 6 heteroatoms. The van der Waals surface area contributed by atoms with Gasteiger partial charge in [-0.2, -0.15) is 0 Å². The Hall–Kier alpha value is -1.27. The molecule has 1 saturated heterocycles. The summed E-state index contributed by atoms with van der Waals surface area (Å²) in [4.78, 5) is 2.38. The van der Waals surface area contributed by atoms with E-state index in [1.807, 2.05) is 0 Å². The first-order valence-electron chi connectivity index (χ1n) is 6.31. The van der Waals surface area contributed by atoms with Crippen LogP contribution in [0.3, 0.4) is 0 Å². The standard InChI is InChI=1S/C13H20N2O3S/c1-15-8-6-10(7-9-15)18-11-4-3-5-12(13(11)14)19(2,16)17/h3-5,10H,6-9,14H2,1-2H3. The van der Waals surface area contributed by atoms with Gasteiger partial charge in [-0.1, -0.05) is 6.07 Å². The Morgan fingerprint density at radius 3 is 2.53 bits per heavy atom. The van der Waals surface area contributed by atoms with E-state index in [2.05, 4.69) is 11.9 Å². The number of para-hydroxylation sites is 1. The lowest BCUT2D eigenvalue weighted by Crippen LogP contribution is -2.35. The van der Waals surface area contributed by atoms with Gasteiger partial charge in [0.05, 0.1) is 10.6 Å². The molecule has 0 spiro atoms. The van der Waals surface area contributed by atoms with E-state index in [0.29, 0.717) is 5.75 Å². The van der Waals surface area contributed by atoms with Crippen LogP contribution in [0.1, 0.15) is 12.8 Å². The molecule has 0 atom stereocenters. The van der Waals surface area contributed by atoms with Gasteiger partial charge in [0, 0.05) is 19.3 Å². The van der Waals surface area contributed by atoms with Crippen molar-refractivity contribution < 1.29 is 13.2 Å². The minimum absolute atomic E-state index is 0.105. The number of sulfone groups is 1. The second-order valence-corrected chi connectivity index (χ2v) is 7.04. The second kappa shape index (κ2) is 5.38. The van der Waals surface area contributed by atoms with E-state index < -0.39 is 9.84 Å². The van der Waals surface area contributed by atoms with Gasteiger partial charge in [0.15, 0.2) is 9.84 Å². The summed E-state index contributed by atoms with van der Waals surface area (Å²) < 4.78 is 29.1. The monoisotopic (exact) mass is 284 g/mol. The average molecular weight is 284 g/mol. The molecule has 0 saturated carbocycles. The van der Waals surface area contributed by atoms with Crippen LogP contribution in [0.25, 0.3) is 0 Å². The maximum Gasteiger partial charge on any atom is 0.177 e. The minimum atomic E-state index is -3.32. The zero-order valence-corrected chi connectivity index (χ0v) is 12.1. The molecule has 1 heterocycles. The van der Waals surface area contributed by atoms with E-state index in [1.54, 1.807) is 12.1 Å². The largest absolute Gasteiger partial charge is 0.488 e. The number of piperidine rings is 1. The van der Waals surface area contributed by atoms with Gasteiger partial charge in [0.2, 0.25) is 0 Å². The molecule has 5 nitrogen and oxygen atoms in total. The molecule has 106 valence electrons. The molecule has 1 aromatic rings. The molecule has 0 aromatic heterocycles. The van der Waals surface area contributed by atoms with Crippen LogP contribution in [-0.2, 0) is 9.84 Å². The van der Waals surface area contributed by atoms with Gasteiger partial charge in [-0.3, -0.25) is 0 Å². The van der Waals surface area contributed by atoms with E-state index in [-0.39, 0.29) is 16.7 Å². The quantitative estimate of drug-likeness (QED) is 0.843. The van der Waals surface area contributed by atoms with Gasteiger partial charge in [-0.25, -0.2) is 8.42 Å². The molecule has 0 aliphatic carbocycles. The Balaban J connectivity index is 2.17. The molecular weight excluding hydrogens is 264 g/mol. The summed E-state index contributed by atoms with van der Waals surface area (Å²) in [5.74, 6) is 0.470. The molecule has 2 rings (SSSR count). The van der Waals surface area contributed by atoms with Crippen LogP contribution < -0.4 is 10.5 Å². The molecule has 2 N–H and O–H groups in total. The van der Waals surface area contributed by atoms with E-state index >= 15 is 0 Å². The topological polar surface area (TPSA) is 72.6 Å². The SMILES string of the molecule is CN1CCC(Oc2cccc(S(C)(=O)=O)c2N)CC1. The number of hydrogen-bond acceptors (Lipinski definition) is 5. The molecular formula is C13H20N2O3S. The summed E-state index contributed by atoms with van der Waals surface area (Å²) in [6, 6.07) is 4.89. The highest BCUT2D eigenvalue weighted by Gasteiger charge is 2.21. The number of nitrogens with two attached hydrogens (primary N) is 1. The van der Waals surface area contributed by atoms with Crippen LogP contribution in [0.15, 0.2) is 23.1 Å². The Bertz CT molecular complexity index is 549. The average Bonchev–Trinajstić information content (AvgIpc) is 2.33. The molecule has 1 fully saturated rings. The second-order valence-electron chi connectivity index (χ2n) is 5.06. The zero-order valence-electron chi connectivity index (χ0n) is 11.3. The number of hydrogen-bond donors (Lipinski definition) is 1. The molecule has 1 aliphatic rings. The molecule has 19 heavy (non-hydrogen) atoms. The van der Waals surface area contributed by atoms with Crippen LogP contribution in [0.5, 0.6) is 5.75 Å². The number of nitrogens with zero attached hydrogens (tertiary/aromatic N) is 1. The van der Waals surface area contributed by atoms with Crippen LogP contribution in [0, 0.1) is 0 Å². The first kappa shape index (κ1) is 14.1. The molecule has 0 bridgehead atoms. The Kier molecular flexibility index (Phi) is 4.01. The van der Waals surface area contributed by atoms with Crippen molar-refractivity contribution in [2.45, 2.75) is 23.8 Å². The van der Waals surface area contributed by atoms with Gasteiger partial charge < -0.3 is 15.4 Å². The van der Waals surface area contributed by atoms with E-state index in [0.717, 1.165) is 32.2 Å². The lowest BCUT2D eigenvalue weighted by atomic mass is 10.1. The normalized spacial score (nSPS) is 18.4. The Morgan fingerprint density at radius 1 is 1.32 bits per heavy atom. The van der Waals surface area contributed by atoms with Crippen molar-refractivity contribution in [2.75, 3.05) is 32.1 Å². The highest BCUT2D eigenvalue weighted by Crippen LogP contribution is 2.30. The van der Waals surface area contributed by atoms with Crippen LogP contribution in [0.2, 0.25) is 0 Å². The first-order valence-corrected chi connectivity index (χ1v) is 8.21. The summed E-state index contributed by atoms with van der Waals surface area (Å²) >= 11 is 0. The number of nitrogen functional groups attached to an aromatic ring is 1.